The van der Waals surface area contributed by atoms with Crippen molar-refractivity contribution in [1.29, 1.82) is 0 Å². The van der Waals surface area contributed by atoms with E-state index in [1.807, 2.05) is 0 Å². The van der Waals surface area contributed by atoms with E-state index >= 15 is 0 Å². The maximum atomic E-state index is 12.5. The van der Waals surface area contributed by atoms with E-state index < -0.39 is 27.3 Å². The number of hydrogen-bond donors (Lipinski definition) is 1. The first-order chi connectivity index (χ1) is 10.6. The van der Waals surface area contributed by atoms with Crippen molar-refractivity contribution in [3.63, 3.8) is 0 Å². The molecule has 0 aliphatic heterocycles. The molecule has 1 aromatic carbocycles. The number of nitrogens with one attached hydrogen (secondary N) is 1. The fourth-order valence-corrected chi connectivity index (χ4v) is 4.25. The van der Waals surface area contributed by atoms with Crippen LogP contribution in [0.4, 0.5) is 4.79 Å². The van der Waals surface area contributed by atoms with Crippen molar-refractivity contribution in [1.82, 2.24) is 13.5 Å². The lowest BCUT2D eigenvalue weighted by Crippen LogP contribution is -2.42. The van der Waals surface area contributed by atoms with Crippen molar-refractivity contribution in [3.8, 4) is 0 Å². The Balaban J connectivity index is 2.97. The Morgan fingerprint density at radius 1 is 1.30 bits per heavy atom. The Kier molecular flexibility index (Phi) is 6.62. The van der Waals surface area contributed by atoms with Gasteiger partial charge >= 0.3 is 6.09 Å². The molecule has 0 radical (unpaired) electrons. The first-order valence-corrected chi connectivity index (χ1v) is 9.18. The van der Waals surface area contributed by atoms with Crippen LogP contribution in [0.3, 0.4) is 0 Å². The molecule has 1 rings (SSSR count). The standard InChI is InChI=1S/C12H17N3O5S3/c1-9-7-5-6-8-11(9)23(18,19)15(4)22(17)14(3)12(16)20-13-10(2)21/h5-8H,1-4H3,(H,13,21). The van der Waals surface area contributed by atoms with Gasteiger partial charge in [-0.15, -0.1) is 0 Å². The molecular formula is C12H17N3O5S3. The SMILES string of the molecule is CC(=S)NOC(=O)N(C)S(=O)N(C)S(=O)(=O)c1ccccc1C. The maximum Gasteiger partial charge on any atom is 0.446 e. The molecule has 0 aliphatic rings. The Morgan fingerprint density at radius 3 is 2.39 bits per heavy atom. The molecule has 0 saturated heterocycles. The van der Waals surface area contributed by atoms with Crippen molar-refractivity contribution in [3.05, 3.63) is 29.8 Å². The van der Waals surface area contributed by atoms with Crippen LogP contribution in [0, 0.1) is 6.92 Å². The van der Waals surface area contributed by atoms with Gasteiger partial charge in [-0.25, -0.2) is 27.2 Å². The Morgan fingerprint density at radius 2 is 1.87 bits per heavy atom. The molecule has 1 aromatic rings. The molecule has 0 aromatic heterocycles. The number of hydrogen-bond acceptors (Lipinski definition) is 6. The highest BCUT2D eigenvalue weighted by molar-refractivity contribution is 8.00. The number of nitrogens with zero attached hydrogens (tertiary/aromatic N) is 2. The predicted molar refractivity (Wildman–Crippen MR) is 89.9 cm³/mol. The summed E-state index contributed by atoms with van der Waals surface area (Å²) in [6.07, 6.45) is -1.04. The summed E-state index contributed by atoms with van der Waals surface area (Å²) in [4.78, 5) is 16.4. The van der Waals surface area contributed by atoms with Crippen molar-refractivity contribution in [2.75, 3.05) is 14.1 Å². The van der Waals surface area contributed by atoms with Crippen molar-refractivity contribution < 1.29 is 22.3 Å². The van der Waals surface area contributed by atoms with Gasteiger partial charge in [-0.05, 0) is 25.5 Å². The first kappa shape index (κ1) is 19.5. The lowest BCUT2D eigenvalue weighted by molar-refractivity contribution is 0.106. The second kappa shape index (κ2) is 7.81. The van der Waals surface area contributed by atoms with Gasteiger partial charge in [0.2, 0.25) is 11.2 Å². The van der Waals surface area contributed by atoms with Crippen LogP contribution in [-0.2, 0) is 26.0 Å². The lowest BCUT2D eigenvalue weighted by Gasteiger charge is -2.22. The van der Waals surface area contributed by atoms with E-state index in [0.717, 1.165) is 14.1 Å². The number of sulfonamides is 1. The summed E-state index contributed by atoms with van der Waals surface area (Å²) in [5.41, 5.74) is 2.64. The Bertz CT molecular complexity index is 735. The van der Waals surface area contributed by atoms with Gasteiger partial charge in [0.15, 0.2) is 0 Å². The van der Waals surface area contributed by atoms with Crippen molar-refractivity contribution >= 4 is 44.5 Å². The molecular weight excluding hydrogens is 362 g/mol. The molecule has 11 heteroatoms. The fourth-order valence-electron chi connectivity index (χ4n) is 1.48. The van der Waals surface area contributed by atoms with E-state index in [0.29, 0.717) is 13.6 Å². The van der Waals surface area contributed by atoms with Gasteiger partial charge < -0.3 is 4.84 Å². The zero-order chi connectivity index (χ0) is 17.8. The number of benzene rings is 1. The molecule has 0 heterocycles. The number of amides is 1. The molecule has 1 atom stereocenters. The van der Waals surface area contributed by atoms with Crippen LogP contribution in [0.2, 0.25) is 0 Å². The van der Waals surface area contributed by atoms with E-state index in [4.69, 9.17) is 0 Å². The highest BCUT2D eigenvalue weighted by atomic mass is 32.3. The summed E-state index contributed by atoms with van der Waals surface area (Å²) < 4.78 is 38.5. The summed E-state index contributed by atoms with van der Waals surface area (Å²) in [5.74, 6) is 0. The Labute approximate surface area is 143 Å². The number of carbonyl (C=O) groups is 1. The minimum absolute atomic E-state index is 0.00507. The molecule has 23 heavy (non-hydrogen) atoms. The first-order valence-electron chi connectivity index (χ1n) is 6.26. The lowest BCUT2D eigenvalue weighted by atomic mass is 10.2. The molecule has 1 unspecified atom stereocenters. The van der Waals surface area contributed by atoms with Gasteiger partial charge in [0.05, 0.1) is 4.90 Å². The zero-order valence-corrected chi connectivity index (χ0v) is 15.4. The van der Waals surface area contributed by atoms with Crippen molar-refractivity contribution in [2.45, 2.75) is 18.7 Å². The minimum atomic E-state index is -4.04. The zero-order valence-electron chi connectivity index (χ0n) is 13.0. The molecule has 1 N–H and O–H groups in total. The van der Waals surface area contributed by atoms with Crippen LogP contribution in [0.5, 0.6) is 0 Å². The molecule has 0 fully saturated rings. The molecule has 0 saturated carbocycles. The summed E-state index contributed by atoms with van der Waals surface area (Å²) in [6.45, 7) is 3.10. The third kappa shape index (κ3) is 4.70. The topological polar surface area (TPSA) is 96.0 Å². The number of thiocarbonyl (C=S) groups is 1. The predicted octanol–water partition coefficient (Wildman–Crippen LogP) is 1.11. The molecule has 0 bridgehead atoms. The van der Waals surface area contributed by atoms with E-state index in [-0.39, 0.29) is 9.88 Å². The van der Waals surface area contributed by atoms with Gasteiger partial charge in [0.25, 0.3) is 10.0 Å². The summed E-state index contributed by atoms with van der Waals surface area (Å²) in [6, 6.07) is 6.26. The van der Waals surface area contributed by atoms with Crippen LogP contribution in [0.15, 0.2) is 29.2 Å². The van der Waals surface area contributed by atoms with Crippen LogP contribution < -0.4 is 5.48 Å². The number of aryl methyl sites for hydroxylation is 1. The number of hydroxylamine groups is 1. The molecule has 0 spiro atoms. The molecule has 0 aliphatic carbocycles. The number of carbonyl (C=O) groups excluding carboxylic acids is 1. The average molecular weight is 379 g/mol. The highest BCUT2D eigenvalue weighted by Gasteiger charge is 2.32. The average Bonchev–Trinajstić information content (AvgIpc) is 2.50. The third-order valence-electron chi connectivity index (χ3n) is 2.70. The van der Waals surface area contributed by atoms with E-state index in [9.17, 15) is 17.4 Å². The quantitative estimate of drug-likeness (QED) is 0.618. The second-order valence-corrected chi connectivity index (χ2v) is 8.77. The van der Waals surface area contributed by atoms with Gasteiger partial charge in [0, 0.05) is 14.1 Å². The van der Waals surface area contributed by atoms with Crippen molar-refractivity contribution in [2.24, 2.45) is 0 Å². The summed E-state index contributed by atoms with van der Waals surface area (Å²) in [7, 11) is -1.79. The normalized spacial score (nSPS) is 12.6. The molecule has 1 amide bonds. The summed E-state index contributed by atoms with van der Waals surface area (Å²) in [5, 5.41) is 0. The molecule has 128 valence electrons. The minimum Gasteiger partial charge on any atom is -0.323 e. The fraction of sp³-hybridized carbons (Fsp3) is 0.333. The maximum absolute atomic E-state index is 12.5. The monoisotopic (exact) mass is 379 g/mol. The number of rotatable bonds is 4. The Hall–Kier alpha value is -1.56. The molecule has 8 nitrogen and oxygen atoms in total. The van der Waals surface area contributed by atoms with Gasteiger partial charge in [-0.2, -0.15) is 0 Å². The van der Waals surface area contributed by atoms with Gasteiger partial charge in [-0.1, -0.05) is 34.1 Å². The summed E-state index contributed by atoms with van der Waals surface area (Å²) >= 11 is 2.35. The second-order valence-electron chi connectivity index (χ2n) is 4.43. The third-order valence-corrected chi connectivity index (χ3v) is 6.51. The van der Waals surface area contributed by atoms with Crippen LogP contribution in [0.25, 0.3) is 0 Å². The van der Waals surface area contributed by atoms with Crippen LogP contribution in [-0.4, -0.2) is 45.8 Å². The smallest absolute Gasteiger partial charge is 0.323 e. The van der Waals surface area contributed by atoms with E-state index in [1.54, 1.807) is 25.1 Å². The van der Waals surface area contributed by atoms with Crippen LogP contribution >= 0.6 is 12.2 Å². The largest absolute Gasteiger partial charge is 0.446 e. The van der Waals surface area contributed by atoms with E-state index in [1.165, 1.54) is 13.0 Å². The van der Waals surface area contributed by atoms with Gasteiger partial charge in [0.1, 0.15) is 4.99 Å². The van der Waals surface area contributed by atoms with E-state index in [2.05, 4.69) is 22.5 Å². The van der Waals surface area contributed by atoms with Crippen LogP contribution in [0.1, 0.15) is 12.5 Å². The highest BCUT2D eigenvalue weighted by Crippen LogP contribution is 2.20. The van der Waals surface area contributed by atoms with Gasteiger partial charge in [-0.3, -0.25) is 0 Å².